The van der Waals surface area contributed by atoms with E-state index in [4.69, 9.17) is 6.42 Å². The van der Waals surface area contributed by atoms with Crippen molar-refractivity contribution in [2.75, 3.05) is 0 Å². The molecule has 0 amide bonds. The van der Waals surface area contributed by atoms with Gasteiger partial charge >= 0.3 is 0 Å². The third-order valence-electron chi connectivity index (χ3n) is 5.43. The highest BCUT2D eigenvalue weighted by atomic mass is 32.1. The molecule has 0 bridgehead atoms. The zero-order chi connectivity index (χ0) is 27.1. The molecule has 36 heavy (non-hydrogen) atoms. The van der Waals surface area contributed by atoms with Crippen molar-refractivity contribution in [1.29, 1.82) is 0 Å². The maximum atomic E-state index is 5.51. The molecule has 0 aliphatic carbocycles. The quantitative estimate of drug-likeness (QED) is 0.331. The SMILES string of the molecule is C#Cc1c(/C=C\C)sc(=C/C)/c1=C\C.C=Cc1c(C=C)n(-c2ccccc2)c(=C/C)/c1=C\CC.CC. The van der Waals surface area contributed by atoms with E-state index in [0.717, 1.165) is 28.9 Å². The maximum Gasteiger partial charge on any atom is 0.0534 e. The Kier molecular flexibility index (Phi) is 13.7. The van der Waals surface area contributed by atoms with Gasteiger partial charge in [-0.1, -0.05) is 94.5 Å². The summed E-state index contributed by atoms with van der Waals surface area (Å²) in [6.45, 7) is 22.2. The van der Waals surface area contributed by atoms with Gasteiger partial charge in [0.25, 0.3) is 0 Å². The number of hydrogen-bond acceptors (Lipinski definition) is 1. The minimum atomic E-state index is 0.997. The first-order valence-electron chi connectivity index (χ1n) is 12.6. The fourth-order valence-electron chi connectivity index (χ4n) is 4.02. The number of allylic oxidation sites excluding steroid dienone is 1. The van der Waals surface area contributed by atoms with Crippen LogP contribution in [0.3, 0.4) is 0 Å². The van der Waals surface area contributed by atoms with Gasteiger partial charge in [-0.3, -0.25) is 0 Å². The monoisotopic (exact) mass is 495 g/mol. The highest BCUT2D eigenvalue weighted by Crippen LogP contribution is 2.14. The molecule has 1 aromatic carbocycles. The third-order valence-corrected chi connectivity index (χ3v) is 6.67. The molecule has 0 aliphatic heterocycles. The van der Waals surface area contributed by atoms with Crippen LogP contribution in [0.25, 0.3) is 48.2 Å². The van der Waals surface area contributed by atoms with Gasteiger partial charge in [0, 0.05) is 42.0 Å². The van der Waals surface area contributed by atoms with Crippen LogP contribution < -0.4 is 20.3 Å². The number of hydrogen-bond donors (Lipinski definition) is 0. The first kappa shape index (κ1) is 30.5. The molecule has 2 heterocycles. The molecule has 0 saturated carbocycles. The molecule has 0 radical (unpaired) electrons. The molecule has 0 saturated heterocycles. The number of para-hydroxylation sites is 1. The Morgan fingerprint density at radius 2 is 1.61 bits per heavy atom. The van der Waals surface area contributed by atoms with Crippen molar-refractivity contribution >= 4 is 53.9 Å². The van der Waals surface area contributed by atoms with Crippen LogP contribution in [0, 0.1) is 12.3 Å². The Balaban J connectivity index is 0.000000356. The predicted molar refractivity (Wildman–Crippen MR) is 168 cm³/mol. The lowest BCUT2D eigenvalue weighted by Crippen LogP contribution is -2.29. The molecule has 0 N–H and O–H groups in total. The summed E-state index contributed by atoms with van der Waals surface area (Å²) in [5, 5.41) is 3.62. The van der Waals surface area contributed by atoms with E-state index in [0.29, 0.717) is 0 Å². The largest absolute Gasteiger partial charge is 0.310 e. The molecule has 3 rings (SSSR count). The lowest BCUT2D eigenvalue weighted by atomic mass is 10.1. The Morgan fingerprint density at radius 3 is 2.06 bits per heavy atom. The average Bonchev–Trinajstić information content (AvgIpc) is 3.44. The molecular weight excluding hydrogens is 454 g/mol. The predicted octanol–water partition coefficient (Wildman–Crippen LogP) is 7.14. The second kappa shape index (κ2) is 16.2. The lowest BCUT2D eigenvalue weighted by molar-refractivity contribution is 1.01. The normalized spacial score (nSPS) is 12.6. The van der Waals surface area contributed by atoms with E-state index < -0.39 is 0 Å². The Bertz CT molecular complexity index is 1450. The molecule has 0 atom stereocenters. The molecule has 0 unspecified atom stereocenters. The topological polar surface area (TPSA) is 4.93 Å². The summed E-state index contributed by atoms with van der Waals surface area (Å²) in [4.78, 5) is 1.18. The van der Waals surface area contributed by atoms with Gasteiger partial charge in [0.05, 0.1) is 5.69 Å². The van der Waals surface area contributed by atoms with E-state index >= 15 is 0 Å². The molecule has 0 fully saturated rings. The number of aromatic nitrogens is 1. The van der Waals surface area contributed by atoms with Gasteiger partial charge in [-0.2, -0.15) is 0 Å². The number of thiophene rings is 1. The second-order valence-corrected chi connectivity index (χ2v) is 8.50. The summed E-state index contributed by atoms with van der Waals surface area (Å²) in [6.07, 6.45) is 23.0. The van der Waals surface area contributed by atoms with Crippen molar-refractivity contribution < 1.29 is 0 Å². The molecular formula is C34H41NS. The van der Waals surface area contributed by atoms with E-state index in [9.17, 15) is 0 Å². The van der Waals surface area contributed by atoms with Crippen molar-refractivity contribution in [2.24, 2.45) is 0 Å². The van der Waals surface area contributed by atoms with Crippen LogP contribution in [0.5, 0.6) is 0 Å². The summed E-state index contributed by atoms with van der Waals surface area (Å²) >= 11 is 1.74. The van der Waals surface area contributed by atoms with Crippen LogP contribution >= 0.6 is 11.3 Å². The maximum absolute atomic E-state index is 5.51. The van der Waals surface area contributed by atoms with E-state index in [1.54, 1.807) is 11.3 Å². The van der Waals surface area contributed by atoms with Crippen molar-refractivity contribution in [3.8, 4) is 18.0 Å². The van der Waals surface area contributed by atoms with Crippen LogP contribution in [-0.2, 0) is 0 Å². The van der Waals surface area contributed by atoms with Crippen LogP contribution in [0.2, 0.25) is 0 Å². The van der Waals surface area contributed by atoms with Gasteiger partial charge in [-0.05, 0) is 58.4 Å². The van der Waals surface area contributed by atoms with E-state index in [2.05, 4.69) is 92.1 Å². The van der Waals surface area contributed by atoms with Crippen LogP contribution in [0.15, 0.2) is 49.6 Å². The molecule has 188 valence electrons. The molecule has 3 aromatic rings. The van der Waals surface area contributed by atoms with Crippen LogP contribution in [-0.4, -0.2) is 4.57 Å². The molecule has 0 aliphatic rings. The number of rotatable bonds is 5. The van der Waals surface area contributed by atoms with Gasteiger partial charge in [0.15, 0.2) is 0 Å². The van der Waals surface area contributed by atoms with E-state index in [1.807, 2.05) is 58.9 Å². The number of terminal acetylenes is 1. The highest BCUT2D eigenvalue weighted by molar-refractivity contribution is 7.11. The van der Waals surface area contributed by atoms with Gasteiger partial charge in [0.1, 0.15) is 0 Å². The number of nitrogens with zero attached hydrogens (tertiary/aromatic N) is 1. The first-order chi connectivity index (χ1) is 17.6. The second-order valence-electron chi connectivity index (χ2n) is 7.42. The first-order valence-corrected chi connectivity index (χ1v) is 13.4. The summed E-state index contributed by atoms with van der Waals surface area (Å²) in [5.41, 5.74) is 4.41. The molecule has 1 nitrogen and oxygen atoms in total. The Labute approximate surface area is 222 Å². The standard InChI is InChI=1S/C19H21N.C13H14S.C2H6/c1-5-12-17-16(6-2)18(7-3)20(19(17)8-4)15-13-10-9-11-14-15;1-5-9-13-11(7-3)10(6-2)12(8-4)14-13;1-2/h6-14H,2-3,5H2,1,4H3;3,5-6,8-9H,1-2,4H3;1-2H3/b17-12-,19-8+;9-5-,10-6-,12-8+;. The fourth-order valence-corrected chi connectivity index (χ4v) is 5.18. The van der Waals surface area contributed by atoms with Gasteiger partial charge in [-0.25, -0.2) is 0 Å². The van der Waals surface area contributed by atoms with Gasteiger partial charge in [-0.15, -0.1) is 17.8 Å². The van der Waals surface area contributed by atoms with Crippen molar-refractivity contribution in [1.82, 2.24) is 4.57 Å². The molecule has 0 spiro atoms. The van der Waals surface area contributed by atoms with Crippen LogP contribution in [0.1, 0.15) is 76.6 Å². The average molecular weight is 496 g/mol. The smallest absolute Gasteiger partial charge is 0.0534 e. The summed E-state index contributed by atoms with van der Waals surface area (Å²) in [6, 6.07) is 10.4. The van der Waals surface area contributed by atoms with Crippen molar-refractivity contribution in [3.05, 3.63) is 91.6 Å². The zero-order valence-corrected chi connectivity index (χ0v) is 23.9. The summed E-state index contributed by atoms with van der Waals surface area (Å²) in [7, 11) is 0. The molecule has 2 heteroatoms. The lowest BCUT2D eigenvalue weighted by Gasteiger charge is -2.07. The van der Waals surface area contributed by atoms with Crippen molar-refractivity contribution in [3.63, 3.8) is 0 Å². The zero-order valence-electron chi connectivity index (χ0n) is 23.1. The summed E-state index contributed by atoms with van der Waals surface area (Å²) in [5.74, 6) is 2.76. The van der Waals surface area contributed by atoms with E-state index in [-0.39, 0.29) is 0 Å². The fraction of sp³-hybridized carbons (Fsp3) is 0.235. The Morgan fingerprint density at radius 1 is 0.944 bits per heavy atom. The van der Waals surface area contributed by atoms with Gasteiger partial charge in [0.2, 0.25) is 0 Å². The minimum Gasteiger partial charge on any atom is -0.310 e. The minimum absolute atomic E-state index is 0.997. The highest BCUT2D eigenvalue weighted by Gasteiger charge is 2.10. The van der Waals surface area contributed by atoms with Crippen LogP contribution in [0.4, 0.5) is 0 Å². The summed E-state index contributed by atoms with van der Waals surface area (Å²) < 4.78 is 3.50. The van der Waals surface area contributed by atoms with Crippen molar-refractivity contribution in [2.45, 2.75) is 54.9 Å². The Hall–Kier alpha value is -3.54. The number of benzene rings is 1. The van der Waals surface area contributed by atoms with Gasteiger partial charge < -0.3 is 4.57 Å². The van der Waals surface area contributed by atoms with E-state index in [1.165, 1.54) is 25.2 Å². The molecule has 2 aromatic heterocycles. The third kappa shape index (κ3) is 6.78.